The highest BCUT2D eigenvalue weighted by Gasteiger charge is 2.66. The van der Waals surface area contributed by atoms with Crippen LogP contribution in [0.3, 0.4) is 0 Å². The van der Waals surface area contributed by atoms with Gasteiger partial charge in [-0.1, -0.05) is 6.92 Å². The van der Waals surface area contributed by atoms with Crippen LogP contribution in [0.4, 0.5) is 13.2 Å². The second-order valence-corrected chi connectivity index (χ2v) is 4.21. The highest BCUT2D eigenvalue weighted by atomic mass is 19.4. The molecule has 0 atom stereocenters. The van der Waals surface area contributed by atoms with Gasteiger partial charge in [-0.3, -0.25) is 0 Å². The fourth-order valence-corrected chi connectivity index (χ4v) is 1.76. The summed E-state index contributed by atoms with van der Waals surface area (Å²) >= 11 is 0. The SMILES string of the molecule is CCCNCc1nnnn1C1(C(F)(F)F)CC1. The Balaban J connectivity index is 2.14. The monoisotopic (exact) mass is 249 g/mol. The Hall–Kier alpha value is -1.18. The summed E-state index contributed by atoms with van der Waals surface area (Å²) in [6.45, 7) is 2.97. The van der Waals surface area contributed by atoms with Crippen LogP contribution in [0.25, 0.3) is 0 Å². The Morgan fingerprint density at radius 1 is 1.41 bits per heavy atom. The van der Waals surface area contributed by atoms with Crippen molar-refractivity contribution in [2.75, 3.05) is 6.54 Å². The summed E-state index contributed by atoms with van der Waals surface area (Å²) in [7, 11) is 0. The molecule has 1 aromatic rings. The Labute approximate surface area is 96.4 Å². The molecule has 0 aromatic carbocycles. The Morgan fingerprint density at radius 2 is 2.12 bits per heavy atom. The van der Waals surface area contributed by atoms with Gasteiger partial charge in [0.05, 0.1) is 6.54 Å². The van der Waals surface area contributed by atoms with E-state index in [-0.39, 0.29) is 25.2 Å². The van der Waals surface area contributed by atoms with Gasteiger partial charge in [-0.15, -0.1) is 5.10 Å². The predicted molar refractivity (Wildman–Crippen MR) is 53.1 cm³/mol. The van der Waals surface area contributed by atoms with Crippen molar-refractivity contribution in [2.45, 2.75) is 44.4 Å². The lowest BCUT2D eigenvalue weighted by Gasteiger charge is -2.20. The van der Waals surface area contributed by atoms with Gasteiger partial charge in [0.2, 0.25) is 0 Å². The molecule has 2 rings (SSSR count). The van der Waals surface area contributed by atoms with E-state index >= 15 is 0 Å². The molecule has 1 aromatic heterocycles. The van der Waals surface area contributed by atoms with Gasteiger partial charge in [-0.25, -0.2) is 4.68 Å². The third kappa shape index (κ3) is 2.13. The first-order valence-electron chi connectivity index (χ1n) is 5.56. The van der Waals surface area contributed by atoms with Gasteiger partial charge < -0.3 is 5.32 Å². The molecule has 0 saturated heterocycles. The van der Waals surface area contributed by atoms with Crippen LogP contribution in [-0.2, 0) is 12.1 Å². The molecule has 0 amide bonds. The Morgan fingerprint density at radius 3 is 2.65 bits per heavy atom. The summed E-state index contributed by atoms with van der Waals surface area (Å²) in [6, 6.07) is 0. The molecule has 17 heavy (non-hydrogen) atoms. The molecule has 1 N–H and O–H groups in total. The zero-order valence-corrected chi connectivity index (χ0v) is 9.46. The zero-order chi connectivity index (χ0) is 12.5. The minimum absolute atomic E-state index is 0.0579. The van der Waals surface area contributed by atoms with Crippen LogP contribution in [0.5, 0.6) is 0 Å². The van der Waals surface area contributed by atoms with Crippen LogP contribution >= 0.6 is 0 Å². The van der Waals surface area contributed by atoms with E-state index in [1.54, 1.807) is 0 Å². The average molecular weight is 249 g/mol. The molecule has 1 aliphatic rings. The van der Waals surface area contributed by atoms with Crippen LogP contribution in [0.2, 0.25) is 0 Å². The van der Waals surface area contributed by atoms with E-state index in [1.165, 1.54) is 0 Å². The fraction of sp³-hybridized carbons (Fsp3) is 0.889. The largest absolute Gasteiger partial charge is 0.413 e. The summed E-state index contributed by atoms with van der Waals surface area (Å²) < 4.78 is 39.6. The topological polar surface area (TPSA) is 55.6 Å². The number of nitrogens with zero attached hydrogens (tertiary/aromatic N) is 4. The third-order valence-electron chi connectivity index (χ3n) is 2.90. The molecule has 96 valence electrons. The normalized spacial score (nSPS) is 18.4. The summed E-state index contributed by atoms with van der Waals surface area (Å²) in [4.78, 5) is 0. The van der Waals surface area contributed by atoms with E-state index in [0.29, 0.717) is 0 Å². The second-order valence-electron chi connectivity index (χ2n) is 4.21. The first kappa shape index (κ1) is 12.3. The number of aromatic nitrogens is 4. The van der Waals surface area contributed by atoms with E-state index in [0.717, 1.165) is 17.6 Å². The lowest BCUT2D eigenvalue weighted by atomic mass is 10.2. The Bertz CT molecular complexity index is 382. The average Bonchev–Trinajstić information content (AvgIpc) is 2.94. The second kappa shape index (κ2) is 4.25. The number of rotatable bonds is 5. The van der Waals surface area contributed by atoms with E-state index in [9.17, 15) is 13.2 Å². The highest BCUT2D eigenvalue weighted by molar-refractivity contribution is 5.07. The molecular formula is C9H14F3N5. The molecule has 0 unspecified atom stereocenters. The number of hydrogen-bond acceptors (Lipinski definition) is 4. The minimum atomic E-state index is -4.29. The fourth-order valence-electron chi connectivity index (χ4n) is 1.76. The first-order chi connectivity index (χ1) is 8.01. The molecule has 0 spiro atoms. The number of hydrogen-bond donors (Lipinski definition) is 1. The maximum atomic E-state index is 12.9. The number of nitrogens with one attached hydrogen (secondary N) is 1. The lowest BCUT2D eigenvalue weighted by molar-refractivity contribution is -0.183. The van der Waals surface area contributed by atoms with Gasteiger partial charge in [0.1, 0.15) is 0 Å². The predicted octanol–water partition coefficient (Wildman–Crippen LogP) is 1.22. The molecule has 0 bridgehead atoms. The third-order valence-corrected chi connectivity index (χ3v) is 2.90. The van der Waals surface area contributed by atoms with Crippen molar-refractivity contribution in [3.05, 3.63) is 5.82 Å². The van der Waals surface area contributed by atoms with Crippen molar-refractivity contribution in [1.82, 2.24) is 25.5 Å². The summed E-state index contributed by atoms with van der Waals surface area (Å²) in [5.41, 5.74) is -1.86. The van der Waals surface area contributed by atoms with Crippen molar-refractivity contribution in [3.63, 3.8) is 0 Å². The summed E-state index contributed by atoms with van der Waals surface area (Å²) in [6.07, 6.45) is -3.27. The van der Waals surface area contributed by atoms with E-state index in [2.05, 4.69) is 20.8 Å². The molecular weight excluding hydrogens is 235 g/mol. The van der Waals surface area contributed by atoms with Crippen molar-refractivity contribution < 1.29 is 13.2 Å². The molecule has 1 heterocycles. The molecule has 8 heteroatoms. The van der Waals surface area contributed by atoms with Crippen molar-refractivity contribution in [3.8, 4) is 0 Å². The van der Waals surface area contributed by atoms with E-state index < -0.39 is 11.7 Å². The van der Waals surface area contributed by atoms with Gasteiger partial charge in [-0.2, -0.15) is 13.2 Å². The molecule has 1 aliphatic carbocycles. The summed E-state index contributed by atoms with van der Waals surface area (Å²) in [5, 5.41) is 13.5. The number of halogens is 3. The lowest BCUT2D eigenvalue weighted by Crippen LogP contribution is -2.37. The van der Waals surface area contributed by atoms with Crippen molar-refractivity contribution in [1.29, 1.82) is 0 Å². The van der Waals surface area contributed by atoms with Gasteiger partial charge in [0.25, 0.3) is 0 Å². The molecule has 5 nitrogen and oxygen atoms in total. The van der Waals surface area contributed by atoms with E-state index in [1.807, 2.05) is 6.92 Å². The van der Waals surface area contributed by atoms with Crippen LogP contribution in [0, 0.1) is 0 Å². The van der Waals surface area contributed by atoms with Crippen molar-refractivity contribution in [2.24, 2.45) is 0 Å². The summed E-state index contributed by atoms with van der Waals surface area (Å²) in [5.74, 6) is 0.244. The van der Waals surface area contributed by atoms with E-state index in [4.69, 9.17) is 0 Å². The Kier molecular flexibility index (Phi) is 3.07. The van der Waals surface area contributed by atoms with Crippen molar-refractivity contribution >= 4 is 0 Å². The van der Waals surface area contributed by atoms with Gasteiger partial charge >= 0.3 is 6.18 Å². The van der Waals surface area contributed by atoms with Gasteiger partial charge in [-0.05, 0) is 36.2 Å². The number of alkyl halides is 3. The maximum absolute atomic E-state index is 12.9. The molecule has 0 radical (unpaired) electrons. The maximum Gasteiger partial charge on any atom is 0.413 e. The van der Waals surface area contributed by atoms with Crippen LogP contribution in [-0.4, -0.2) is 32.9 Å². The minimum Gasteiger partial charge on any atom is -0.310 e. The quantitative estimate of drug-likeness (QED) is 0.797. The van der Waals surface area contributed by atoms with Crippen LogP contribution < -0.4 is 5.32 Å². The van der Waals surface area contributed by atoms with Crippen LogP contribution in [0.1, 0.15) is 32.0 Å². The number of tetrazole rings is 1. The molecule has 1 fully saturated rings. The van der Waals surface area contributed by atoms with Gasteiger partial charge in [0, 0.05) is 0 Å². The van der Waals surface area contributed by atoms with Gasteiger partial charge in [0.15, 0.2) is 11.4 Å². The smallest absolute Gasteiger partial charge is 0.310 e. The zero-order valence-electron chi connectivity index (χ0n) is 9.46. The van der Waals surface area contributed by atoms with Crippen LogP contribution in [0.15, 0.2) is 0 Å². The first-order valence-corrected chi connectivity index (χ1v) is 5.56. The molecule has 0 aliphatic heterocycles. The molecule has 1 saturated carbocycles. The standard InChI is InChI=1S/C9H14F3N5/c1-2-5-13-6-7-14-15-16-17(7)8(3-4-8)9(10,11)12/h13H,2-6H2,1H3. The highest BCUT2D eigenvalue weighted by Crippen LogP contribution is 2.55.